The lowest BCUT2D eigenvalue weighted by atomic mass is 10.1. The van der Waals surface area contributed by atoms with Crippen LogP contribution in [0.15, 0.2) is 66.9 Å². The largest absolute Gasteiger partial charge is 1.00 e. The third kappa shape index (κ3) is 5.51. The Balaban J connectivity index is 0.00000342. The van der Waals surface area contributed by atoms with E-state index in [9.17, 15) is 4.79 Å². The summed E-state index contributed by atoms with van der Waals surface area (Å²) in [5.41, 5.74) is 5.83. The number of nitrogens with zero attached hydrogens (tertiary/aromatic N) is 2. The van der Waals surface area contributed by atoms with Crippen LogP contribution in [0, 0.1) is 6.92 Å². The van der Waals surface area contributed by atoms with Crippen molar-refractivity contribution in [1.29, 1.82) is 0 Å². The molecule has 4 aromatic rings. The summed E-state index contributed by atoms with van der Waals surface area (Å²) < 4.78 is 20.6. The van der Waals surface area contributed by atoms with Crippen molar-refractivity contribution in [3.8, 4) is 5.75 Å². The van der Waals surface area contributed by atoms with Gasteiger partial charge in [0, 0.05) is 28.7 Å². The molecule has 35 heavy (non-hydrogen) atoms. The SMILES string of the molecule is COC(=O)c1c(C)n(C(C)c2cc[n+](C)c(COCc3ccc(OC)cc3)c2)c2ccccc12.[I-]. The van der Waals surface area contributed by atoms with Crippen LogP contribution in [0.2, 0.25) is 0 Å². The molecule has 1 unspecified atom stereocenters. The molecular formula is C28H31IN2O4. The summed E-state index contributed by atoms with van der Waals surface area (Å²) in [6.45, 7) is 5.14. The van der Waals surface area contributed by atoms with Gasteiger partial charge in [0.2, 0.25) is 5.69 Å². The summed E-state index contributed by atoms with van der Waals surface area (Å²) >= 11 is 0. The van der Waals surface area contributed by atoms with E-state index in [1.165, 1.54) is 7.11 Å². The van der Waals surface area contributed by atoms with Gasteiger partial charge in [0.15, 0.2) is 6.20 Å². The Morgan fingerprint density at radius 2 is 1.74 bits per heavy atom. The van der Waals surface area contributed by atoms with Gasteiger partial charge in [-0.1, -0.05) is 30.3 Å². The number of fused-ring (bicyclic) bond motifs is 1. The van der Waals surface area contributed by atoms with E-state index in [0.29, 0.717) is 18.8 Å². The highest BCUT2D eigenvalue weighted by molar-refractivity contribution is 6.06. The van der Waals surface area contributed by atoms with Gasteiger partial charge in [-0.05, 0) is 43.2 Å². The van der Waals surface area contributed by atoms with Crippen molar-refractivity contribution < 1.29 is 47.5 Å². The highest BCUT2D eigenvalue weighted by Crippen LogP contribution is 2.32. The highest BCUT2D eigenvalue weighted by atomic mass is 127. The first-order valence-electron chi connectivity index (χ1n) is 11.3. The van der Waals surface area contributed by atoms with Crippen LogP contribution in [-0.2, 0) is 29.7 Å². The van der Waals surface area contributed by atoms with Crippen LogP contribution >= 0.6 is 0 Å². The monoisotopic (exact) mass is 586 g/mol. The number of para-hydroxylation sites is 1. The van der Waals surface area contributed by atoms with Crippen molar-refractivity contribution in [2.45, 2.75) is 33.1 Å². The van der Waals surface area contributed by atoms with Gasteiger partial charge in [0.25, 0.3) is 0 Å². The number of hydrogen-bond donors (Lipinski definition) is 0. The molecule has 0 aliphatic rings. The highest BCUT2D eigenvalue weighted by Gasteiger charge is 2.24. The molecule has 0 N–H and O–H groups in total. The van der Waals surface area contributed by atoms with E-state index in [4.69, 9.17) is 14.2 Å². The standard InChI is InChI=1S/C28H31N2O4.HI/c1-19(30-20(2)27(28(31)33-5)25-8-6-7-9-26(25)30)22-14-15-29(3)23(16-22)18-34-17-21-10-12-24(32-4)13-11-21;/h6-16,19H,17-18H2,1-5H3;1H/q+1;/p-1. The molecule has 0 fully saturated rings. The molecule has 7 heteroatoms. The molecule has 0 aliphatic carbocycles. The summed E-state index contributed by atoms with van der Waals surface area (Å²) in [5, 5.41) is 0.906. The Labute approximate surface area is 223 Å². The van der Waals surface area contributed by atoms with Crippen molar-refractivity contribution in [1.82, 2.24) is 4.57 Å². The van der Waals surface area contributed by atoms with E-state index >= 15 is 0 Å². The van der Waals surface area contributed by atoms with Gasteiger partial charge >= 0.3 is 5.97 Å². The predicted molar refractivity (Wildman–Crippen MR) is 131 cm³/mol. The zero-order valence-electron chi connectivity index (χ0n) is 20.7. The van der Waals surface area contributed by atoms with Gasteiger partial charge in [-0.3, -0.25) is 0 Å². The van der Waals surface area contributed by atoms with Gasteiger partial charge in [-0.25, -0.2) is 9.36 Å². The maximum Gasteiger partial charge on any atom is 0.340 e. The first kappa shape index (κ1) is 26.7. The zero-order valence-corrected chi connectivity index (χ0v) is 22.9. The second-order valence-electron chi connectivity index (χ2n) is 8.42. The minimum atomic E-state index is -0.313. The number of aromatic nitrogens is 2. The number of benzene rings is 2. The molecule has 2 aromatic heterocycles. The Morgan fingerprint density at radius 3 is 2.43 bits per heavy atom. The summed E-state index contributed by atoms with van der Waals surface area (Å²) in [7, 11) is 5.10. The summed E-state index contributed by atoms with van der Waals surface area (Å²) in [6.07, 6.45) is 2.06. The molecule has 4 rings (SSSR count). The van der Waals surface area contributed by atoms with E-state index in [-0.39, 0.29) is 36.0 Å². The minimum Gasteiger partial charge on any atom is -1.00 e. The van der Waals surface area contributed by atoms with E-state index in [2.05, 4.69) is 34.4 Å². The topological polar surface area (TPSA) is 53.6 Å². The van der Waals surface area contributed by atoms with Gasteiger partial charge in [0.1, 0.15) is 19.4 Å². The third-order valence-electron chi connectivity index (χ3n) is 6.37. The molecule has 2 heterocycles. The van der Waals surface area contributed by atoms with Crippen molar-refractivity contribution in [2.24, 2.45) is 7.05 Å². The normalized spacial score (nSPS) is 11.7. The fourth-order valence-electron chi connectivity index (χ4n) is 4.43. The van der Waals surface area contributed by atoms with Crippen LogP contribution in [0.3, 0.4) is 0 Å². The molecule has 1 atom stereocenters. The number of halogens is 1. The number of ether oxygens (including phenoxy) is 3. The third-order valence-corrected chi connectivity index (χ3v) is 6.37. The molecule has 0 saturated heterocycles. The maximum atomic E-state index is 12.5. The molecule has 0 bridgehead atoms. The fraction of sp³-hybridized carbons (Fsp3) is 0.286. The van der Waals surface area contributed by atoms with E-state index in [1.54, 1.807) is 7.11 Å². The average molecular weight is 586 g/mol. The van der Waals surface area contributed by atoms with Gasteiger partial charge in [-0.2, -0.15) is 0 Å². The van der Waals surface area contributed by atoms with Gasteiger partial charge in [-0.15, -0.1) is 0 Å². The van der Waals surface area contributed by atoms with Gasteiger partial charge in [0.05, 0.1) is 32.4 Å². The Hall–Kier alpha value is -2.91. The quantitative estimate of drug-likeness (QED) is 0.180. The lowest BCUT2D eigenvalue weighted by Gasteiger charge is -2.18. The van der Waals surface area contributed by atoms with Crippen LogP contribution in [0.1, 0.15) is 45.8 Å². The number of carbonyl (C=O) groups excluding carboxylic acids is 1. The summed E-state index contributed by atoms with van der Waals surface area (Å²) in [5.74, 6) is 0.520. The summed E-state index contributed by atoms with van der Waals surface area (Å²) in [6, 6.07) is 20.2. The van der Waals surface area contributed by atoms with Crippen molar-refractivity contribution in [2.75, 3.05) is 14.2 Å². The zero-order chi connectivity index (χ0) is 24.2. The van der Waals surface area contributed by atoms with E-state index < -0.39 is 0 Å². The van der Waals surface area contributed by atoms with Crippen LogP contribution in [0.25, 0.3) is 10.9 Å². The van der Waals surface area contributed by atoms with Crippen LogP contribution in [0.5, 0.6) is 5.75 Å². The van der Waals surface area contributed by atoms with Crippen LogP contribution in [0.4, 0.5) is 0 Å². The predicted octanol–water partition coefficient (Wildman–Crippen LogP) is 1.90. The average Bonchev–Trinajstić information content (AvgIpc) is 3.16. The van der Waals surface area contributed by atoms with E-state index in [0.717, 1.165) is 39.2 Å². The van der Waals surface area contributed by atoms with Crippen molar-refractivity contribution >= 4 is 16.9 Å². The number of rotatable bonds is 8. The smallest absolute Gasteiger partial charge is 0.340 e. The number of hydrogen-bond acceptors (Lipinski definition) is 4. The fourth-order valence-corrected chi connectivity index (χ4v) is 4.43. The maximum absolute atomic E-state index is 12.5. The van der Waals surface area contributed by atoms with E-state index in [1.807, 2.05) is 62.5 Å². The first-order valence-corrected chi connectivity index (χ1v) is 11.3. The Kier molecular flexibility index (Phi) is 8.91. The molecule has 2 aromatic carbocycles. The first-order chi connectivity index (χ1) is 16.4. The molecule has 0 amide bonds. The number of pyridine rings is 1. The number of carbonyl (C=O) groups is 1. The lowest BCUT2D eigenvalue weighted by molar-refractivity contribution is -0.681. The molecule has 0 radical (unpaired) electrons. The van der Waals surface area contributed by atoms with Crippen LogP contribution < -0.4 is 33.3 Å². The molecule has 0 saturated carbocycles. The number of aryl methyl sites for hydroxylation is 1. The molecule has 6 nitrogen and oxygen atoms in total. The molecule has 0 aliphatic heterocycles. The summed E-state index contributed by atoms with van der Waals surface area (Å²) in [4.78, 5) is 12.5. The van der Waals surface area contributed by atoms with Crippen molar-refractivity contribution in [3.63, 3.8) is 0 Å². The second kappa shape index (κ2) is 11.7. The lowest BCUT2D eigenvalue weighted by Crippen LogP contribution is -3.00. The molecular weight excluding hydrogens is 555 g/mol. The van der Waals surface area contributed by atoms with Crippen LogP contribution in [-0.4, -0.2) is 24.8 Å². The van der Waals surface area contributed by atoms with Gasteiger partial charge < -0.3 is 42.8 Å². The Morgan fingerprint density at radius 1 is 1.03 bits per heavy atom. The molecule has 184 valence electrons. The second-order valence-corrected chi connectivity index (χ2v) is 8.42. The number of methoxy groups -OCH3 is 2. The Bertz CT molecular complexity index is 1310. The number of esters is 1. The van der Waals surface area contributed by atoms with Crippen molar-refractivity contribution in [3.05, 3.63) is 94.9 Å². The minimum absolute atomic E-state index is 0. The molecule has 0 spiro atoms.